The van der Waals surface area contributed by atoms with Gasteiger partial charge in [-0.05, 0) is 50.8 Å². The number of alkyl halides is 6. The van der Waals surface area contributed by atoms with Gasteiger partial charge in [-0.3, -0.25) is 4.90 Å². The lowest BCUT2D eigenvalue weighted by Crippen LogP contribution is -2.52. The third-order valence-electron chi connectivity index (χ3n) is 5.86. The highest BCUT2D eigenvalue weighted by atomic mass is 32.2. The molecular weight excluding hydrogens is 534 g/mol. The Labute approximate surface area is 210 Å². The fraction of sp³-hybridized carbons (Fsp3) is 0.636. The molecule has 2 unspecified atom stereocenters. The summed E-state index contributed by atoms with van der Waals surface area (Å²) in [6.07, 6.45) is -8.28. The van der Waals surface area contributed by atoms with Gasteiger partial charge >= 0.3 is 24.3 Å². The van der Waals surface area contributed by atoms with Crippen LogP contribution in [0.15, 0.2) is 24.3 Å². The Kier molecular flexibility index (Phi) is 11.7. The third-order valence-corrected chi connectivity index (χ3v) is 7.69. The number of piperazine rings is 1. The number of carboxylic acid groups (broad SMARTS) is 2. The van der Waals surface area contributed by atoms with E-state index in [0.29, 0.717) is 23.5 Å². The molecule has 1 aromatic rings. The molecule has 3 rings (SSSR count). The molecule has 0 amide bonds. The van der Waals surface area contributed by atoms with Crippen molar-refractivity contribution in [3.05, 3.63) is 29.8 Å². The SMILES string of the molecule is Cc1ccccc1N1CCN(CCC2CCS(=O)(=O)C2)C(C)C1.O=C(O)C(F)(F)F.O=C(O)C(F)(F)F. The zero-order valence-electron chi connectivity index (χ0n) is 20.2. The fourth-order valence-corrected chi connectivity index (χ4v) is 5.82. The molecule has 8 nitrogen and oxygen atoms in total. The summed E-state index contributed by atoms with van der Waals surface area (Å²) in [6, 6.07) is 9.10. The number of carboxylic acids is 2. The van der Waals surface area contributed by atoms with Crippen molar-refractivity contribution >= 4 is 27.5 Å². The summed E-state index contributed by atoms with van der Waals surface area (Å²) in [5.41, 5.74) is 2.69. The van der Waals surface area contributed by atoms with E-state index >= 15 is 0 Å². The number of para-hydroxylation sites is 1. The van der Waals surface area contributed by atoms with Crippen molar-refractivity contribution in [3.63, 3.8) is 0 Å². The quantitative estimate of drug-likeness (QED) is 0.534. The van der Waals surface area contributed by atoms with Gasteiger partial charge in [0.05, 0.1) is 11.5 Å². The molecule has 15 heteroatoms. The van der Waals surface area contributed by atoms with Crippen molar-refractivity contribution in [1.29, 1.82) is 0 Å². The molecule has 0 aromatic heterocycles. The number of nitrogens with zero attached hydrogens (tertiary/aromatic N) is 2. The molecule has 2 saturated heterocycles. The molecule has 0 saturated carbocycles. The maximum atomic E-state index is 11.6. The Morgan fingerprint density at radius 2 is 1.51 bits per heavy atom. The molecule has 0 aliphatic carbocycles. The zero-order valence-corrected chi connectivity index (χ0v) is 21.0. The van der Waals surface area contributed by atoms with Crippen LogP contribution < -0.4 is 4.90 Å². The third kappa shape index (κ3) is 11.6. The van der Waals surface area contributed by atoms with E-state index in [1.165, 1.54) is 11.3 Å². The van der Waals surface area contributed by atoms with E-state index in [2.05, 4.69) is 47.9 Å². The predicted octanol–water partition coefficient (Wildman–Crippen LogP) is 3.60. The molecular formula is C22H30F6N2O6S. The lowest BCUT2D eigenvalue weighted by atomic mass is 10.0. The van der Waals surface area contributed by atoms with Gasteiger partial charge in [0, 0.05) is 31.4 Å². The van der Waals surface area contributed by atoms with Crippen molar-refractivity contribution in [2.45, 2.75) is 45.1 Å². The van der Waals surface area contributed by atoms with E-state index in [0.717, 1.165) is 39.0 Å². The second kappa shape index (κ2) is 13.3. The van der Waals surface area contributed by atoms with Gasteiger partial charge in [-0.15, -0.1) is 0 Å². The first kappa shape index (κ1) is 32.5. The zero-order chi connectivity index (χ0) is 28.6. The second-order valence-electron chi connectivity index (χ2n) is 8.78. The lowest BCUT2D eigenvalue weighted by molar-refractivity contribution is -0.193. The van der Waals surface area contributed by atoms with Crippen LogP contribution in [0.5, 0.6) is 0 Å². The minimum absolute atomic E-state index is 0.376. The number of hydrogen-bond acceptors (Lipinski definition) is 6. The first-order chi connectivity index (χ1) is 16.8. The van der Waals surface area contributed by atoms with Gasteiger partial charge in [0.2, 0.25) is 0 Å². The highest BCUT2D eigenvalue weighted by Crippen LogP contribution is 2.25. The number of hydrogen-bond donors (Lipinski definition) is 2. The number of halogens is 6. The number of benzene rings is 1. The van der Waals surface area contributed by atoms with Crippen LogP contribution in [0.2, 0.25) is 0 Å². The van der Waals surface area contributed by atoms with Crippen molar-refractivity contribution in [2.75, 3.05) is 42.6 Å². The Morgan fingerprint density at radius 3 is 1.92 bits per heavy atom. The number of rotatable bonds is 4. The summed E-state index contributed by atoms with van der Waals surface area (Å²) >= 11 is 0. The largest absolute Gasteiger partial charge is 0.490 e. The molecule has 2 atom stereocenters. The molecule has 2 heterocycles. The molecule has 2 aliphatic rings. The average molecular weight is 565 g/mol. The molecule has 2 fully saturated rings. The van der Waals surface area contributed by atoms with Crippen LogP contribution in [0, 0.1) is 12.8 Å². The van der Waals surface area contributed by atoms with Gasteiger partial charge in [0.25, 0.3) is 0 Å². The van der Waals surface area contributed by atoms with Crippen LogP contribution in [0.4, 0.5) is 32.0 Å². The number of carbonyl (C=O) groups is 2. The maximum absolute atomic E-state index is 11.6. The van der Waals surface area contributed by atoms with Crippen molar-refractivity contribution in [3.8, 4) is 0 Å². The Balaban J connectivity index is 0.000000404. The van der Waals surface area contributed by atoms with Crippen LogP contribution in [-0.2, 0) is 19.4 Å². The Morgan fingerprint density at radius 1 is 1.00 bits per heavy atom. The number of anilines is 1. The van der Waals surface area contributed by atoms with E-state index in [4.69, 9.17) is 19.8 Å². The standard InChI is InChI=1S/C18H28N2O2S.2C2HF3O2/c1-15-5-3-4-6-18(15)20-11-10-19(16(2)13-20)9-7-17-8-12-23(21,22)14-17;2*3-2(4,5)1(6)7/h3-6,16-17H,7-14H2,1-2H3;2*(H,6,7). The van der Waals surface area contributed by atoms with Crippen LogP contribution in [0.1, 0.15) is 25.3 Å². The number of sulfone groups is 1. The molecule has 0 radical (unpaired) electrons. The minimum Gasteiger partial charge on any atom is -0.475 e. The van der Waals surface area contributed by atoms with E-state index in [1.807, 2.05) is 0 Å². The normalized spacial score (nSPS) is 21.8. The Bertz CT molecular complexity index is 992. The molecule has 0 spiro atoms. The smallest absolute Gasteiger partial charge is 0.475 e. The van der Waals surface area contributed by atoms with Crippen molar-refractivity contribution < 1.29 is 54.6 Å². The molecule has 1 aromatic carbocycles. The molecule has 0 bridgehead atoms. The fourth-order valence-electron chi connectivity index (χ4n) is 3.91. The monoisotopic (exact) mass is 564 g/mol. The van der Waals surface area contributed by atoms with Crippen LogP contribution >= 0.6 is 0 Å². The summed E-state index contributed by atoms with van der Waals surface area (Å²) in [5.74, 6) is -4.33. The maximum Gasteiger partial charge on any atom is 0.490 e. The van der Waals surface area contributed by atoms with Gasteiger partial charge in [-0.1, -0.05) is 18.2 Å². The van der Waals surface area contributed by atoms with E-state index < -0.39 is 34.1 Å². The first-order valence-electron chi connectivity index (χ1n) is 11.2. The molecule has 2 N–H and O–H groups in total. The summed E-state index contributed by atoms with van der Waals surface area (Å²) in [5, 5.41) is 14.2. The van der Waals surface area contributed by atoms with Gasteiger partial charge in [-0.2, -0.15) is 26.3 Å². The van der Waals surface area contributed by atoms with Gasteiger partial charge < -0.3 is 15.1 Å². The highest BCUT2D eigenvalue weighted by molar-refractivity contribution is 7.91. The van der Waals surface area contributed by atoms with Gasteiger partial charge in [0.15, 0.2) is 9.84 Å². The minimum atomic E-state index is -5.08. The average Bonchev–Trinajstić information content (AvgIpc) is 3.11. The summed E-state index contributed by atoms with van der Waals surface area (Å²) in [4.78, 5) is 22.8. The van der Waals surface area contributed by atoms with Crippen molar-refractivity contribution in [1.82, 2.24) is 4.90 Å². The summed E-state index contributed by atoms with van der Waals surface area (Å²) in [6.45, 7) is 8.66. The lowest BCUT2D eigenvalue weighted by Gasteiger charge is -2.41. The molecule has 37 heavy (non-hydrogen) atoms. The van der Waals surface area contributed by atoms with Gasteiger partial charge in [0.1, 0.15) is 0 Å². The van der Waals surface area contributed by atoms with Gasteiger partial charge in [-0.25, -0.2) is 18.0 Å². The molecule has 212 valence electrons. The molecule has 2 aliphatic heterocycles. The second-order valence-corrected chi connectivity index (χ2v) is 11.0. The first-order valence-corrected chi connectivity index (χ1v) is 13.0. The van der Waals surface area contributed by atoms with Crippen LogP contribution in [0.3, 0.4) is 0 Å². The summed E-state index contributed by atoms with van der Waals surface area (Å²) in [7, 11) is -2.74. The van der Waals surface area contributed by atoms with Crippen molar-refractivity contribution in [2.24, 2.45) is 5.92 Å². The van der Waals surface area contributed by atoms with Crippen LogP contribution in [0.25, 0.3) is 0 Å². The van der Waals surface area contributed by atoms with E-state index in [-0.39, 0.29) is 0 Å². The number of aryl methyl sites for hydroxylation is 1. The topological polar surface area (TPSA) is 115 Å². The number of aliphatic carboxylic acids is 2. The van der Waals surface area contributed by atoms with E-state index in [1.54, 1.807) is 0 Å². The van der Waals surface area contributed by atoms with Crippen LogP contribution in [-0.4, -0.2) is 91.5 Å². The van der Waals surface area contributed by atoms with E-state index in [9.17, 15) is 34.8 Å². The summed E-state index contributed by atoms with van der Waals surface area (Å²) < 4.78 is 86.6. The highest BCUT2D eigenvalue weighted by Gasteiger charge is 2.39. The Hall–Kier alpha value is -2.55. The predicted molar refractivity (Wildman–Crippen MR) is 123 cm³/mol.